The fraction of sp³-hybridized carbons (Fsp3) is 0.409. The van der Waals surface area contributed by atoms with Crippen LogP contribution in [-0.4, -0.2) is 59.4 Å². The quantitative estimate of drug-likeness (QED) is 0.790. The van der Waals surface area contributed by atoms with E-state index in [0.29, 0.717) is 27.8 Å². The molecule has 3 aliphatic heterocycles. The lowest BCUT2D eigenvalue weighted by molar-refractivity contribution is 0.0424. The first-order valence-corrected chi connectivity index (χ1v) is 10.7. The summed E-state index contributed by atoms with van der Waals surface area (Å²) >= 11 is 6.14. The molecule has 3 amide bonds. The molecule has 30 heavy (non-hydrogen) atoms. The lowest BCUT2D eigenvalue weighted by atomic mass is 9.79. The smallest absolute Gasteiger partial charge is 0.323 e. The topological polar surface area (TPSA) is 68.8 Å². The number of benzene rings is 1. The second-order valence-electron chi connectivity index (χ2n) is 8.49. The standard InChI is InChI=1S/C22H24ClN5O2/c1-2-9-26-10-7-22(12-26)13-27(14-22)21(30)28-18-6-5-15(23)11-16(18)20(29)25-17-4-3-8-24-19(17)28/h3-6,8,11H,2,7,9-10,12-14H2,1H3,(H,25,29). The Morgan fingerprint density at radius 1 is 1.27 bits per heavy atom. The minimum atomic E-state index is -0.303. The van der Waals surface area contributed by atoms with E-state index in [0.717, 1.165) is 45.6 Å². The number of amides is 3. The molecule has 2 fully saturated rings. The van der Waals surface area contributed by atoms with Gasteiger partial charge in [0.05, 0.1) is 16.9 Å². The zero-order chi connectivity index (χ0) is 20.9. The van der Waals surface area contributed by atoms with Gasteiger partial charge in [-0.1, -0.05) is 18.5 Å². The van der Waals surface area contributed by atoms with E-state index < -0.39 is 0 Å². The van der Waals surface area contributed by atoms with Crippen LogP contribution in [0.25, 0.3) is 0 Å². The van der Waals surface area contributed by atoms with Gasteiger partial charge in [-0.3, -0.25) is 4.79 Å². The van der Waals surface area contributed by atoms with Crippen molar-refractivity contribution in [3.63, 3.8) is 0 Å². The highest BCUT2D eigenvalue weighted by Crippen LogP contribution is 2.43. The molecule has 0 aliphatic carbocycles. The fourth-order valence-electron chi connectivity index (χ4n) is 4.89. The molecule has 0 bridgehead atoms. The lowest BCUT2D eigenvalue weighted by Gasteiger charge is -2.49. The summed E-state index contributed by atoms with van der Waals surface area (Å²) < 4.78 is 0. The average Bonchev–Trinajstić information content (AvgIpc) is 3.08. The maximum absolute atomic E-state index is 13.6. The molecule has 0 saturated carbocycles. The summed E-state index contributed by atoms with van der Waals surface area (Å²) in [7, 11) is 0. The van der Waals surface area contributed by atoms with Crippen molar-refractivity contribution < 1.29 is 9.59 Å². The van der Waals surface area contributed by atoms with Gasteiger partial charge in [0.25, 0.3) is 5.91 Å². The maximum atomic E-state index is 13.6. The number of hydrogen-bond donors (Lipinski definition) is 1. The van der Waals surface area contributed by atoms with E-state index >= 15 is 0 Å². The lowest BCUT2D eigenvalue weighted by Crippen LogP contribution is -2.62. The van der Waals surface area contributed by atoms with Crippen molar-refractivity contribution in [1.82, 2.24) is 14.8 Å². The van der Waals surface area contributed by atoms with Gasteiger partial charge in [-0.2, -0.15) is 0 Å². The van der Waals surface area contributed by atoms with Crippen molar-refractivity contribution in [2.24, 2.45) is 5.41 Å². The molecule has 4 heterocycles. The second kappa shape index (κ2) is 7.25. The average molecular weight is 426 g/mol. The van der Waals surface area contributed by atoms with Crippen molar-refractivity contribution in [3.05, 3.63) is 47.1 Å². The van der Waals surface area contributed by atoms with E-state index in [4.69, 9.17) is 11.6 Å². The Balaban J connectivity index is 1.46. The number of aromatic nitrogens is 1. The van der Waals surface area contributed by atoms with Gasteiger partial charge in [0.15, 0.2) is 5.82 Å². The van der Waals surface area contributed by atoms with Gasteiger partial charge < -0.3 is 15.1 Å². The minimum absolute atomic E-state index is 0.158. The maximum Gasteiger partial charge on any atom is 0.330 e. The Labute approximate surface area is 180 Å². The molecule has 2 aromatic rings. The fourth-order valence-corrected chi connectivity index (χ4v) is 5.06. The monoisotopic (exact) mass is 425 g/mol. The third-order valence-corrected chi connectivity index (χ3v) is 6.50. The molecule has 0 radical (unpaired) electrons. The van der Waals surface area contributed by atoms with E-state index in [1.165, 1.54) is 0 Å². The number of fused-ring (bicyclic) bond motifs is 2. The van der Waals surface area contributed by atoms with Crippen molar-refractivity contribution in [2.45, 2.75) is 19.8 Å². The number of rotatable bonds is 2. The molecule has 1 spiro atoms. The highest BCUT2D eigenvalue weighted by Gasteiger charge is 2.50. The van der Waals surface area contributed by atoms with Crippen LogP contribution in [0.5, 0.6) is 0 Å². The first kappa shape index (κ1) is 19.3. The van der Waals surface area contributed by atoms with Crippen LogP contribution in [0.15, 0.2) is 36.5 Å². The van der Waals surface area contributed by atoms with Crippen LogP contribution in [0.3, 0.4) is 0 Å². The van der Waals surface area contributed by atoms with Crippen LogP contribution in [0.1, 0.15) is 30.1 Å². The molecule has 1 aromatic heterocycles. The summed E-state index contributed by atoms with van der Waals surface area (Å²) in [4.78, 5) is 36.7. The van der Waals surface area contributed by atoms with E-state index in [-0.39, 0.29) is 17.4 Å². The first-order valence-electron chi connectivity index (χ1n) is 10.4. The third-order valence-electron chi connectivity index (χ3n) is 6.26. The van der Waals surface area contributed by atoms with Gasteiger partial charge in [-0.25, -0.2) is 14.7 Å². The molecule has 1 N–H and O–H groups in total. The molecular weight excluding hydrogens is 402 g/mol. The molecule has 8 heteroatoms. The van der Waals surface area contributed by atoms with Crippen LogP contribution in [0.2, 0.25) is 5.02 Å². The largest absolute Gasteiger partial charge is 0.330 e. The zero-order valence-electron chi connectivity index (χ0n) is 16.9. The van der Waals surface area contributed by atoms with Crippen molar-refractivity contribution in [1.29, 1.82) is 0 Å². The molecule has 0 unspecified atom stereocenters. The van der Waals surface area contributed by atoms with Gasteiger partial charge in [0.1, 0.15) is 0 Å². The Bertz CT molecular complexity index is 1020. The molecule has 156 valence electrons. The molecule has 2 saturated heterocycles. The number of carbonyl (C=O) groups is 2. The van der Waals surface area contributed by atoms with Gasteiger partial charge in [0, 0.05) is 36.3 Å². The Kier molecular flexibility index (Phi) is 4.67. The minimum Gasteiger partial charge on any atom is -0.323 e. The van der Waals surface area contributed by atoms with E-state index in [1.807, 2.05) is 4.90 Å². The predicted octanol–water partition coefficient (Wildman–Crippen LogP) is 3.98. The number of anilines is 3. The first-order chi connectivity index (χ1) is 14.5. The molecule has 3 aliphatic rings. The number of nitrogens with zero attached hydrogens (tertiary/aromatic N) is 4. The normalized spacial score (nSPS) is 19.7. The van der Waals surface area contributed by atoms with Crippen LogP contribution in [-0.2, 0) is 0 Å². The van der Waals surface area contributed by atoms with E-state index in [2.05, 4.69) is 22.1 Å². The van der Waals surface area contributed by atoms with Crippen LogP contribution < -0.4 is 10.2 Å². The molecule has 5 rings (SSSR count). The van der Waals surface area contributed by atoms with E-state index in [9.17, 15) is 9.59 Å². The molecular formula is C22H24ClN5O2. The number of pyridine rings is 1. The van der Waals surface area contributed by atoms with Gasteiger partial charge in [-0.15, -0.1) is 0 Å². The number of hydrogen-bond acceptors (Lipinski definition) is 4. The summed E-state index contributed by atoms with van der Waals surface area (Å²) in [6.45, 7) is 6.92. The summed E-state index contributed by atoms with van der Waals surface area (Å²) in [5, 5.41) is 3.30. The summed E-state index contributed by atoms with van der Waals surface area (Å²) in [6.07, 6.45) is 3.90. The zero-order valence-corrected chi connectivity index (χ0v) is 17.7. The van der Waals surface area contributed by atoms with Crippen LogP contribution >= 0.6 is 11.6 Å². The van der Waals surface area contributed by atoms with Crippen molar-refractivity contribution in [3.8, 4) is 0 Å². The number of carbonyl (C=O) groups excluding carboxylic acids is 2. The summed E-state index contributed by atoms with van der Waals surface area (Å²) in [6, 6.07) is 8.34. The van der Waals surface area contributed by atoms with Gasteiger partial charge in [-0.05, 0) is 56.3 Å². The molecule has 7 nitrogen and oxygen atoms in total. The van der Waals surface area contributed by atoms with Gasteiger partial charge >= 0.3 is 6.03 Å². The third kappa shape index (κ3) is 3.13. The Morgan fingerprint density at radius 3 is 2.90 bits per heavy atom. The van der Waals surface area contributed by atoms with Crippen LogP contribution in [0, 0.1) is 5.41 Å². The summed E-state index contributed by atoms with van der Waals surface area (Å²) in [5.41, 5.74) is 1.56. The Hall–Kier alpha value is -2.64. The SMILES string of the molecule is CCCN1CCC2(C1)CN(C(=O)N1c3ccc(Cl)cc3C(=O)Nc3cccnc31)C2. The van der Waals surface area contributed by atoms with Gasteiger partial charge in [0.2, 0.25) is 0 Å². The number of nitrogens with one attached hydrogen (secondary N) is 1. The number of likely N-dealkylation sites (tertiary alicyclic amines) is 2. The van der Waals surface area contributed by atoms with Crippen molar-refractivity contribution >= 4 is 40.7 Å². The predicted molar refractivity (Wildman–Crippen MR) is 117 cm³/mol. The molecule has 0 atom stereocenters. The summed E-state index contributed by atoms with van der Waals surface area (Å²) in [5.74, 6) is 0.125. The highest BCUT2D eigenvalue weighted by atomic mass is 35.5. The van der Waals surface area contributed by atoms with Crippen molar-refractivity contribution in [2.75, 3.05) is 42.9 Å². The number of halogens is 1. The highest BCUT2D eigenvalue weighted by molar-refractivity contribution is 6.31. The number of urea groups is 1. The molecule has 1 aromatic carbocycles. The van der Waals surface area contributed by atoms with Crippen LogP contribution in [0.4, 0.5) is 22.0 Å². The second-order valence-corrected chi connectivity index (χ2v) is 8.93. The Morgan fingerprint density at radius 2 is 2.10 bits per heavy atom. The van der Waals surface area contributed by atoms with E-state index in [1.54, 1.807) is 41.4 Å².